The van der Waals surface area contributed by atoms with E-state index in [-0.39, 0.29) is 4.75 Å². The first-order chi connectivity index (χ1) is 14.4. The minimum absolute atomic E-state index is 0.330. The standard InChI is InChI=1S/C25H29NO3S/c1-25(2,3)30(27)26-17-22-14-15-23(28-18-20-10-6-4-7-11-20)16-24(22)29-19-21-12-8-5-9-13-21/h4-16,26H,17-19H2,1-3H3. The van der Waals surface area contributed by atoms with E-state index in [0.29, 0.717) is 19.8 Å². The van der Waals surface area contributed by atoms with Crippen LogP contribution >= 0.6 is 0 Å². The van der Waals surface area contributed by atoms with E-state index in [9.17, 15) is 4.21 Å². The Morgan fingerprint density at radius 1 is 0.800 bits per heavy atom. The van der Waals surface area contributed by atoms with Crippen molar-refractivity contribution < 1.29 is 13.7 Å². The molecule has 0 spiro atoms. The molecule has 158 valence electrons. The van der Waals surface area contributed by atoms with Crippen molar-refractivity contribution in [3.63, 3.8) is 0 Å². The molecule has 0 aliphatic carbocycles. The predicted molar refractivity (Wildman–Crippen MR) is 123 cm³/mol. The molecule has 3 aromatic carbocycles. The van der Waals surface area contributed by atoms with Crippen LogP contribution in [0.25, 0.3) is 0 Å². The molecule has 0 bridgehead atoms. The molecule has 5 heteroatoms. The van der Waals surface area contributed by atoms with Gasteiger partial charge in [0.25, 0.3) is 0 Å². The van der Waals surface area contributed by atoms with E-state index in [0.717, 1.165) is 28.2 Å². The van der Waals surface area contributed by atoms with Crippen LogP contribution in [0, 0.1) is 0 Å². The minimum atomic E-state index is -1.16. The number of rotatable bonds is 9. The number of benzene rings is 3. The summed E-state index contributed by atoms with van der Waals surface area (Å²) in [5.41, 5.74) is 3.14. The molecule has 0 radical (unpaired) electrons. The number of ether oxygens (including phenoxy) is 2. The number of hydrogen-bond acceptors (Lipinski definition) is 3. The van der Waals surface area contributed by atoms with Crippen molar-refractivity contribution in [1.82, 2.24) is 4.72 Å². The van der Waals surface area contributed by atoms with Crippen LogP contribution in [0.4, 0.5) is 0 Å². The SMILES string of the molecule is CC(C)(C)S(=O)NCc1ccc(OCc2ccccc2)cc1OCc1ccccc1. The highest BCUT2D eigenvalue weighted by Crippen LogP contribution is 2.27. The van der Waals surface area contributed by atoms with E-state index in [4.69, 9.17) is 9.47 Å². The first-order valence-electron chi connectivity index (χ1n) is 10.0. The molecule has 0 heterocycles. The second kappa shape index (κ2) is 10.4. The van der Waals surface area contributed by atoms with Gasteiger partial charge in [-0.3, -0.25) is 0 Å². The number of nitrogens with one attached hydrogen (secondary N) is 1. The predicted octanol–water partition coefficient (Wildman–Crippen LogP) is 5.40. The molecule has 0 saturated heterocycles. The third-order valence-corrected chi connectivity index (χ3v) is 5.99. The zero-order valence-electron chi connectivity index (χ0n) is 17.8. The Morgan fingerprint density at radius 2 is 1.37 bits per heavy atom. The Balaban J connectivity index is 1.73. The van der Waals surface area contributed by atoms with Gasteiger partial charge >= 0.3 is 0 Å². The van der Waals surface area contributed by atoms with Crippen molar-refractivity contribution in [2.75, 3.05) is 0 Å². The summed E-state index contributed by atoms with van der Waals surface area (Å²) >= 11 is 0. The fraction of sp³-hybridized carbons (Fsp3) is 0.280. The smallest absolute Gasteiger partial charge is 0.128 e. The summed E-state index contributed by atoms with van der Waals surface area (Å²) in [6, 6.07) is 25.9. The van der Waals surface area contributed by atoms with Gasteiger partial charge in [-0.05, 0) is 38.0 Å². The van der Waals surface area contributed by atoms with Gasteiger partial charge in [0.1, 0.15) is 24.7 Å². The molecule has 0 aliphatic heterocycles. The van der Waals surface area contributed by atoms with Gasteiger partial charge in [-0.2, -0.15) is 0 Å². The lowest BCUT2D eigenvalue weighted by molar-refractivity contribution is 0.287. The summed E-state index contributed by atoms with van der Waals surface area (Å²) in [7, 11) is -1.16. The number of hydrogen-bond donors (Lipinski definition) is 1. The van der Waals surface area contributed by atoms with Crippen molar-refractivity contribution >= 4 is 11.0 Å². The molecule has 0 saturated carbocycles. The lowest BCUT2D eigenvalue weighted by Gasteiger charge is -2.19. The highest BCUT2D eigenvalue weighted by Gasteiger charge is 2.19. The van der Waals surface area contributed by atoms with Crippen LogP contribution in [0.3, 0.4) is 0 Å². The van der Waals surface area contributed by atoms with Crippen molar-refractivity contribution in [3.05, 3.63) is 95.6 Å². The van der Waals surface area contributed by atoms with E-state index in [2.05, 4.69) is 4.72 Å². The van der Waals surface area contributed by atoms with Gasteiger partial charge in [0, 0.05) is 18.2 Å². The molecule has 3 aromatic rings. The van der Waals surface area contributed by atoms with E-state index in [1.807, 2.05) is 99.6 Å². The largest absolute Gasteiger partial charge is 0.489 e. The Kier molecular flexibility index (Phi) is 7.66. The molecule has 1 unspecified atom stereocenters. The Morgan fingerprint density at radius 3 is 1.93 bits per heavy atom. The van der Waals surface area contributed by atoms with Crippen LogP contribution in [-0.2, 0) is 30.7 Å². The zero-order valence-corrected chi connectivity index (χ0v) is 18.6. The zero-order chi connectivity index (χ0) is 21.4. The molecule has 0 aromatic heterocycles. The summed E-state index contributed by atoms with van der Waals surface area (Å²) in [5, 5.41) is 0. The van der Waals surface area contributed by atoms with Gasteiger partial charge in [-0.1, -0.05) is 66.7 Å². The molecule has 3 rings (SSSR count). The van der Waals surface area contributed by atoms with Crippen LogP contribution in [0.15, 0.2) is 78.9 Å². The third kappa shape index (κ3) is 6.71. The summed E-state index contributed by atoms with van der Waals surface area (Å²) in [5.74, 6) is 1.46. The first-order valence-corrected chi connectivity index (χ1v) is 11.2. The van der Waals surface area contributed by atoms with Gasteiger partial charge in [0.2, 0.25) is 0 Å². The topological polar surface area (TPSA) is 47.6 Å². The fourth-order valence-electron chi connectivity index (χ4n) is 2.74. The quantitative estimate of drug-likeness (QED) is 0.501. The van der Waals surface area contributed by atoms with Crippen LogP contribution in [0.2, 0.25) is 0 Å². The molecule has 0 fully saturated rings. The lowest BCUT2D eigenvalue weighted by Crippen LogP contribution is -2.32. The summed E-state index contributed by atoms with van der Waals surface area (Å²) in [6.45, 7) is 7.24. The maximum atomic E-state index is 12.4. The second-order valence-electron chi connectivity index (χ2n) is 8.02. The molecule has 0 aliphatic rings. The maximum absolute atomic E-state index is 12.4. The first kappa shape index (κ1) is 22.1. The summed E-state index contributed by atoms with van der Waals surface area (Å²) in [6.07, 6.45) is 0. The molecule has 0 amide bonds. The molecule has 1 N–H and O–H groups in total. The van der Waals surface area contributed by atoms with E-state index >= 15 is 0 Å². The van der Waals surface area contributed by atoms with Crippen LogP contribution in [0.5, 0.6) is 11.5 Å². The molecule has 30 heavy (non-hydrogen) atoms. The summed E-state index contributed by atoms with van der Waals surface area (Å²) in [4.78, 5) is 0. The van der Waals surface area contributed by atoms with Crippen molar-refractivity contribution in [1.29, 1.82) is 0 Å². The van der Waals surface area contributed by atoms with Crippen molar-refractivity contribution in [2.45, 2.75) is 45.3 Å². The van der Waals surface area contributed by atoms with Crippen molar-refractivity contribution in [2.24, 2.45) is 0 Å². The maximum Gasteiger partial charge on any atom is 0.128 e. The van der Waals surface area contributed by atoms with Gasteiger partial charge < -0.3 is 9.47 Å². The van der Waals surface area contributed by atoms with E-state index in [1.54, 1.807) is 0 Å². The molecular weight excluding hydrogens is 394 g/mol. The van der Waals surface area contributed by atoms with Crippen molar-refractivity contribution in [3.8, 4) is 11.5 Å². The molecular formula is C25H29NO3S. The van der Waals surface area contributed by atoms with Gasteiger partial charge in [0.15, 0.2) is 0 Å². The Bertz CT molecular complexity index is 953. The van der Waals surface area contributed by atoms with Gasteiger partial charge in [0.05, 0.1) is 15.7 Å². The van der Waals surface area contributed by atoms with Gasteiger partial charge in [-0.25, -0.2) is 8.93 Å². The van der Waals surface area contributed by atoms with Gasteiger partial charge in [-0.15, -0.1) is 0 Å². The molecule has 4 nitrogen and oxygen atoms in total. The molecule has 1 atom stereocenters. The highest BCUT2D eigenvalue weighted by molar-refractivity contribution is 7.84. The Labute approximate surface area is 181 Å². The fourth-order valence-corrected chi connectivity index (χ4v) is 3.46. The highest BCUT2D eigenvalue weighted by atomic mass is 32.2. The minimum Gasteiger partial charge on any atom is -0.489 e. The van der Waals surface area contributed by atoms with E-state index < -0.39 is 11.0 Å². The Hall–Kier alpha value is -2.63. The monoisotopic (exact) mass is 423 g/mol. The van der Waals surface area contributed by atoms with Crippen LogP contribution < -0.4 is 14.2 Å². The van der Waals surface area contributed by atoms with Crippen LogP contribution in [-0.4, -0.2) is 8.96 Å². The second-order valence-corrected chi connectivity index (χ2v) is 10.1. The summed E-state index contributed by atoms with van der Waals surface area (Å²) < 4.78 is 27.2. The average Bonchev–Trinajstić information content (AvgIpc) is 2.76. The third-order valence-electron chi connectivity index (χ3n) is 4.47. The van der Waals surface area contributed by atoms with Crippen LogP contribution in [0.1, 0.15) is 37.5 Å². The van der Waals surface area contributed by atoms with E-state index in [1.165, 1.54) is 0 Å². The lowest BCUT2D eigenvalue weighted by atomic mass is 10.2. The normalized spacial score (nSPS) is 12.4. The average molecular weight is 424 g/mol.